The molecule has 0 aliphatic heterocycles. The smallest absolute Gasteiger partial charge is 0.240 e. The molecule has 2 rings (SSSR count). The fourth-order valence-electron chi connectivity index (χ4n) is 2.29. The number of hydrogen-bond donors (Lipinski definition) is 1. The van der Waals surface area contributed by atoms with Gasteiger partial charge in [-0.15, -0.1) is 0 Å². The monoisotopic (exact) mass is 342 g/mol. The topological polar surface area (TPSA) is 67.9 Å². The molecule has 2 aromatic rings. The first kappa shape index (κ1) is 18.3. The fourth-order valence-corrected chi connectivity index (χ4v) is 2.29. The number of carbonyl (C=O) groups is 2. The molecular formula is C19H22N2O4. The van der Waals surface area contributed by atoms with E-state index in [4.69, 9.17) is 9.47 Å². The van der Waals surface area contributed by atoms with Gasteiger partial charge in [-0.2, -0.15) is 0 Å². The summed E-state index contributed by atoms with van der Waals surface area (Å²) in [6, 6.07) is 14.4. The molecule has 0 fully saturated rings. The van der Waals surface area contributed by atoms with Gasteiger partial charge >= 0.3 is 0 Å². The largest absolute Gasteiger partial charge is 0.497 e. The lowest BCUT2D eigenvalue weighted by Gasteiger charge is -2.21. The molecular weight excluding hydrogens is 320 g/mol. The van der Waals surface area contributed by atoms with Crippen molar-refractivity contribution in [3.63, 3.8) is 0 Å². The zero-order chi connectivity index (χ0) is 18.2. The molecule has 0 heterocycles. The van der Waals surface area contributed by atoms with Gasteiger partial charge in [-0.1, -0.05) is 12.1 Å². The molecule has 0 bridgehead atoms. The first-order valence-electron chi connectivity index (χ1n) is 7.85. The predicted molar refractivity (Wildman–Crippen MR) is 95.9 cm³/mol. The van der Waals surface area contributed by atoms with Crippen LogP contribution in [0.15, 0.2) is 48.5 Å². The van der Waals surface area contributed by atoms with Crippen molar-refractivity contribution in [3.8, 4) is 11.5 Å². The number of nitrogens with zero attached hydrogens (tertiary/aromatic N) is 1. The summed E-state index contributed by atoms with van der Waals surface area (Å²) in [5, 5.41) is 2.82. The Labute approximate surface area is 147 Å². The Morgan fingerprint density at radius 3 is 1.92 bits per heavy atom. The average Bonchev–Trinajstić information content (AvgIpc) is 2.64. The number of nitrogens with one attached hydrogen (secondary N) is 1. The molecule has 0 unspecified atom stereocenters. The minimum atomic E-state index is -0.234. The fraction of sp³-hybridized carbons (Fsp3) is 0.263. The van der Waals surface area contributed by atoms with Crippen LogP contribution in [0.2, 0.25) is 0 Å². The van der Waals surface area contributed by atoms with Crippen molar-refractivity contribution in [2.24, 2.45) is 0 Å². The Balaban J connectivity index is 1.95. The molecule has 0 saturated heterocycles. The third kappa shape index (κ3) is 5.24. The van der Waals surface area contributed by atoms with Crippen LogP contribution < -0.4 is 19.7 Å². The normalized spacial score (nSPS) is 10.0. The number of benzene rings is 2. The van der Waals surface area contributed by atoms with Gasteiger partial charge in [0.05, 0.1) is 14.2 Å². The maximum absolute atomic E-state index is 12.2. The van der Waals surface area contributed by atoms with Gasteiger partial charge in [-0.25, -0.2) is 0 Å². The van der Waals surface area contributed by atoms with Crippen LogP contribution in [0, 0.1) is 0 Å². The summed E-state index contributed by atoms with van der Waals surface area (Å²) in [4.78, 5) is 25.5. The zero-order valence-electron chi connectivity index (χ0n) is 14.6. The highest BCUT2D eigenvalue weighted by molar-refractivity contribution is 5.97. The summed E-state index contributed by atoms with van der Waals surface area (Å²) < 4.78 is 10.2. The van der Waals surface area contributed by atoms with E-state index in [1.165, 1.54) is 11.8 Å². The minimum absolute atomic E-state index is 0.0438. The van der Waals surface area contributed by atoms with Gasteiger partial charge in [0.25, 0.3) is 0 Å². The van der Waals surface area contributed by atoms with Crippen molar-refractivity contribution in [3.05, 3.63) is 54.1 Å². The minimum Gasteiger partial charge on any atom is -0.497 e. The molecule has 25 heavy (non-hydrogen) atoms. The van der Waals surface area contributed by atoms with E-state index in [1.54, 1.807) is 38.5 Å². The van der Waals surface area contributed by atoms with Gasteiger partial charge in [0.2, 0.25) is 11.8 Å². The number of methoxy groups -OCH3 is 2. The Kier molecular flexibility index (Phi) is 6.39. The molecule has 6 nitrogen and oxygen atoms in total. The van der Waals surface area contributed by atoms with Crippen LogP contribution in [0.4, 0.5) is 5.69 Å². The van der Waals surface area contributed by atoms with E-state index >= 15 is 0 Å². The molecule has 0 aliphatic rings. The Bertz CT molecular complexity index is 711. The molecule has 132 valence electrons. The van der Waals surface area contributed by atoms with Crippen molar-refractivity contribution >= 4 is 17.5 Å². The van der Waals surface area contributed by atoms with Gasteiger partial charge in [0.15, 0.2) is 0 Å². The van der Waals surface area contributed by atoms with E-state index in [2.05, 4.69) is 5.32 Å². The number of anilines is 1. The molecule has 0 radical (unpaired) electrons. The molecule has 0 atom stereocenters. The van der Waals surface area contributed by atoms with Gasteiger partial charge in [-0.05, 0) is 42.0 Å². The van der Waals surface area contributed by atoms with Gasteiger partial charge < -0.3 is 19.7 Å². The number of rotatable bonds is 7. The maximum atomic E-state index is 12.2. The third-order valence-corrected chi connectivity index (χ3v) is 3.71. The third-order valence-electron chi connectivity index (χ3n) is 3.71. The highest BCUT2D eigenvalue weighted by Crippen LogP contribution is 2.19. The Hall–Kier alpha value is -3.02. The van der Waals surface area contributed by atoms with E-state index in [9.17, 15) is 9.59 Å². The SMILES string of the molecule is COc1ccc(CNC(=O)CN(C(C)=O)c2ccc(OC)cc2)cc1. The van der Waals surface area contributed by atoms with E-state index in [0.717, 1.165) is 11.3 Å². The summed E-state index contributed by atoms with van der Waals surface area (Å²) in [5.74, 6) is 1.01. The predicted octanol–water partition coefficient (Wildman–Crippen LogP) is 2.37. The molecule has 6 heteroatoms. The van der Waals surface area contributed by atoms with Crippen LogP contribution in [0.25, 0.3) is 0 Å². The quantitative estimate of drug-likeness (QED) is 0.839. The zero-order valence-corrected chi connectivity index (χ0v) is 14.6. The number of amides is 2. The van der Waals surface area contributed by atoms with Gasteiger partial charge in [0, 0.05) is 19.2 Å². The van der Waals surface area contributed by atoms with E-state index in [0.29, 0.717) is 18.0 Å². The second-order valence-electron chi connectivity index (χ2n) is 5.43. The Morgan fingerprint density at radius 2 is 1.44 bits per heavy atom. The van der Waals surface area contributed by atoms with Crippen molar-refractivity contribution in [1.82, 2.24) is 5.32 Å². The number of carbonyl (C=O) groups excluding carboxylic acids is 2. The molecule has 0 saturated carbocycles. The van der Waals surface area contributed by atoms with Crippen molar-refractivity contribution in [1.29, 1.82) is 0 Å². The van der Waals surface area contributed by atoms with Crippen LogP contribution in [0.3, 0.4) is 0 Å². The Morgan fingerprint density at radius 1 is 0.920 bits per heavy atom. The first-order valence-corrected chi connectivity index (χ1v) is 7.85. The van der Waals surface area contributed by atoms with Crippen LogP contribution in [0.5, 0.6) is 11.5 Å². The second kappa shape index (κ2) is 8.73. The van der Waals surface area contributed by atoms with Crippen molar-refractivity contribution < 1.29 is 19.1 Å². The lowest BCUT2D eigenvalue weighted by Crippen LogP contribution is -2.39. The molecule has 0 aliphatic carbocycles. The van der Waals surface area contributed by atoms with Crippen LogP contribution in [-0.4, -0.2) is 32.6 Å². The standard InChI is InChI=1S/C19H22N2O4/c1-14(22)21(16-6-10-18(25-3)11-7-16)13-19(23)20-12-15-4-8-17(24-2)9-5-15/h4-11H,12-13H2,1-3H3,(H,20,23). The van der Waals surface area contributed by atoms with E-state index in [1.807, 2.05) is 24.3 Å². The lowest BCUT2D eigenvalue weighted by molar-refractivity contribution is -0.123. The van der Waals surface area contributed by atoms with Crippen LogP contribution >= 0.6 is 0 Å². The molecule has 0 spiro atoms. The summed E-state index contributed by atoms with van der Waals surface area (Å²) in [5.41, 5.74) is 1.60. The molecule has 2 aromatic carbocycles. The van der Waals surface area contributed by atoms with E-state index < -0.39 is 0 Å². The highest BCUT2D eigenvalue weighted by Gasteiger charge is 2.15. The summed E-state index contributed by atoms with van der Waals surface area (Å²) in [6.45, 7) is 1.77. The van der Waals surface area contributed by atoms with Gasteiger partial charge in [0.1, 0.15) is 18.0 Å². The molecule has 1 N–H and O–H groups in total. The second-order valence-corrected chi connectivity index (χ2v) is 5.43. The van der Waals surface area contributed by atoms with Crippen LogP contribution in [-0.2, 0) is 16.1 Å². The lowest BCUT2D eigenvalue weighted by atomic mass is 10.2. The summed E-state index contributed by atoms with van der Waals surface area (Å²) in [6.07, 6.45) is 0. The first-order chi connectivity index (χ1) is 12.0. The number of ether oxygens (including phenoxy) is 2. The average molecular weight is 342 g/mol. The maximum Gasteiger partial charge on any atom is 0.240 e. The molecule has 2 amide bonds. The van der Waals surface area contributed by atoms with Crippen molar-refractivity contribution in [2.45, 2.75) is 13.5 Å². The van der Waals surface area contributed by atoms with Gasteiger partial charge in [-0.3, -0.25) is 9.59 Å². The molecule has 0 aromatic heterocycles. The van der Waals surface area contributed by atoms with Crippen molar-refractivity contribution in [2.75, 3.05) is 25.7 Å². The highest BCUT2D eigenvalue weighted by atomic mass is 16.5. The van der Waals surface area contributed by atoms with E-state index in [-0.39, 0.29) is 18.4 Å². The van der Waals surface area contributed by atoms with Crippen LogP contribution in [0.1, 0.15) is 12.5 Å². The number of hydrogen-bond acceptors (Lipinski definition) is 4. The summed E-state index contributed by atoms with van der Waals surface area (Å²) in [7, 11) is 3.18. The summed E-state index contributed by atoms with van der Waals surface area (Å²) >= 11 is 0.